The third-order valence-electron chi connectivity index (χ3n) is 2.11. The molecule has 0 unspecified atom stereocenters. The molecular weight excluding hydrogens is 278 g/mol. The van der Waals surface area contributed by atoms with Crippen LogP contribution >= 0.6 is 23.2 Å². The molecule has 1 amide bonds. The molecule has 3 nitrogen and oxygen atoms in total. The van der Waals surface area contributed by atoms with E-state index >= 15 is 0 Å². The number of hydrogen-bond acceptors (Lipinski definition) is 2. The highest BCUT2D eigenvalue weighted by Crippen LogP contribution is 2.16. The van der Waals surface area contributed by atoms with E-state index < -0.39 is 11.7 Å². The van der Waals surface area contributed by atoms with Gasteiger partial charge in [-0.1, -0.05) is 29.3 Å². The SMILES string of the molecule is O=C(Nc1cccc(F)c1)c1cc(Cl)nc(Cl)c1. The lowest BCUT2D eigenvalue weighted by molar-refractivity contribution is 0.102. The number of pyridine rings is 1. The van der Waals surface area contributed by atoms with E-state index in [0.29, 0.717) is 5.69 Å². The standard InChI is InChI=1S/C12H7Cl2FN2O/c13-10-4-7(5-11(14)17-10)12(18)16-9-3-1-2-8(15)6-9/h1-6H,(H,16,18). The zero-order valence-electron chi connectivity index (χ0n) is 8.95. The van der Waals surface area contributed by atoms with Crippen molar-refractivity contribution < 1.29 is 9.18 Å². The van der Waals surface area contributed by atoms with E-state index in [0.717, 1.165) is 0 Å². The molecule has 0 aliphatic rings. The Labute approximate surface area is 113 Å². The molecule has 6 heteroatoms. The van der Waals surface area contributed by atoms with Crippen LogP contribution in [-0.2, 0) is 0 Å². The molecule has 0 radical (unpaired) electrons. The first-order valence-electron chi connectivity index (χ1n) is 4.94. The first-order chi connectivity index (χ1) is 8.54. The minimum Gasteiger partial charge on any atom is -0.322 e. The van der Waals surface area contributed by atoms with Crippen LogP contribution in [0, 0.1) is 5.82 Å². The monoisotopic (exact) mass is 284 g/mol. The fourth-order valence-electron chi connectivity index (χ4n) is 1.37. The number of nitrogens with zero attached hydrogens (tertiary/aromatic N) is 1. The van der Waals surface area contributed by atoms with Gasteiger partial charge in [0.15, 0.2) is 0 Å². The highest BCUT2D eigenvalue weighted by Gasteiger charge is 2.09. The molecule has 0 saturated carbocycles. The molecule has 0 saturated heterocycles. The van der Waals surface area contributed by atoms with Crippen molar-refractivity contribution in [3.8, 4) is 0 Å². The van der Waals surface area contributed by atoms with Crippen LogP contribution in [0.1, 0.15) is 10.4 Å². The fourth-order valence-corrected chi connectivity index (χ4v) is 1.83. The number of anilines is 1. The van der Waals surface area contributed by atoms with Crippen molar-refractivity contribution in [2.45, 2.75) is 0 Å². The van der Waals surface area contributed by atoms with Crippen molar-refractivity contribution in [1.82, 2.24) is 4.98 Å². The van der Waals surface area contributed by atoms with Gasteiger partial charge in [0.05, 0.1) is 0 Å². The van der Waals surface area contributed by atoms with Crippen LogP contribution in [0.25, 0.3) is 0 Å². The van der Waals surface area contributed by atoms with Crippen LogP contribution in [0.5, 0.6) is 0 Å². The van der Waals surface area contributed by atoms with Gasteiger partial charge in [-0.3, -0.25) is 4.79 Å². The zero-order valence-corrected chi connectivity index (χ0v) is 10.5. The number of nitrogens with one attached hydrogen (secondary N) is 1. The largest absolute Gasteiger partial charge is 0.322 e. The summed E-state index contributed by atoms with van der Waals surface area (Å²) in [6.45, 7) is 0. The average Bonchev–Trinajstić information content (AvgIpc) is 2.27. The molecule has 0 aliphatic carbocycles. The first-order valence-corrected chi connectivity index (χ1v) is 5.70. The maximum absolute atomic E-state index is 12.9. The van der Waals surface area contributed by atoms with E-state index in [1.807, 2.05) is 0 Å². The van der Waals surface area contributed by atoms with Gasteiger partial charge in [-0.2, -0.15) is 0 Å². The Morgan fingerprint density at radius 2 is 1.83 bits per heavy atom. The van der Waals surface area contributed by atoms with Gasteiger partial charge in [-0.05, 0) is 30.3 Å². The Bertz CT molecular complexity index is 584. The fraction of sp³-hybridized carbons (Fsp3) is 0. The van der Waals surface area contributed by atoms with Crippen LogP contribution in [-0.4, -0.2) is 10.9 Å². The van der Waals surface area contributed by atoms with Crippen molar-refractivity contribution in [2.75, 3.05) is 5.32 Å². The van der Waals surface area contributed by atoms with Crippen LogP contribution < -0.4 is 5.32 Å². The molecule has 1 aromatic carbocycles. The smallest absolute Gasteiger partial charge is 0.255 e. The summed E-state index contributed by atoms with van der Waals surface area (Å²) in [5.74, 6) is -0.870. The second-order valence-corrected chi connectivity index (χ2v) is 4.24. The lowest BCUT2D eigenvalue weighted by Gasteiger charge is -2.05. The molecular formula is C12H7Cl2FN2O. The van der Waals surface area contributed by atoms with E-state index in [4.69, 9.17) is 23.2 Å². The van der Waals surface area contributed by atoms with Crippen molar-refractivity contribution in [1.29, 1.82) is 0 Å². The summed E-state index contributed by atoms with van der Waals surface area (Å²) in [4.78, 5) is 15.6. The zero-order chi connectivity index (χ0) is 13.1. The van der Waals surface area contributed by atoms with Gasteiger partial charge in [0.25, 0.3) is 5.91 Å². The second kappa shape index (κ2) is 5.33. The van der Waals surface area contributed by atoms with Crippen LogP contribution in [0.2, 0.25) is 10.3 Å². The number of carbonyl (C=O) groups is 1. The topological polar surface area (TPSA) is 42.0 Å². The normalized spacial score (nSPS) is 10.2. The van der Waals surface area contributed by atoms with Gasteiger partial charge < -0.3 is 5.32 Å². The minimum atomic E-state index is -0.438. The molecule has 0 aliphatic heterocycles. The number of benzene rings is 1. The minimum absolute atomic E-state index is 0.117. The molecule has 1 heterocycles. The first kappa shape index (κ1) is 12.8. The van der Waals surface area contributed by atoms with Crippen LogP contribution in [0.4, 0.5) is 10.1 Å². The van der Waals surface area contributed by atoms with Gasteiger partial charge in [0.2, 0.25) is 0 Å². The quantitative estimate of drug-likeness (QED) is 0.853. The Balaban J connectivity index is 2.22. The third kappa shape index (κ3) is 3.18. The van der Waals surface area contributed by atoms with E-state index in [9.17, 15) is 9.18 Å². The highest BCUT2D eigenvalue weighted by molar-refractivity contribution is 6.33. The summed E-state index contributed by atoms with van der Waals surface area (Å²) < 4.78 is 12.9. The Kier molecular flexibility index (Phi) is 3.79. The molecule has 0 spiro atoms. The predicted molar refractivity (Wildman–Crippen MR) is 68.6 cm³/mol. The summed E-state index contributed by atoms with van der Waals surface area (Å²) in [6, 6.07) is 8.32. The van der Waals surface area contributed by atoms with Gasteiger partial charge in [-0.25, -0.2) is 9.37 Å². The number of hydrogen-bond donors (Lipinski definition) is 1. The van der Waals surface area contributed by atoms with E-state index in [-0.39, 0.29) is 15.9 Å². The predicted octanol–water partition coefficient (Wildman–Crippen LogP) is 3.78. The molecule has 2 rings (SSSR count). The molecule has 0 atom stereocenters. The molecule has 0 fully saturated rings. The van der Waals surface area contributed by atoms with Crippen LogP contribution in [0.15, 0.2) is 36.4 Å². The van der Waals surface area contributed by atoms with Gasteiger partial charge >= 0.3 is 0 Å². The molecule has 2 aromatic rings. The summed E-state index contributed by atoms with van der Waals surface area (Å²) in [5, 5.41) is 2.76. The lowest BCUT2D eigenvalue weighted by atomic mass is 10.2. The molecule has 92 valence electrons. The van der Waals surface area contributed by atoms with Crippen molar-refractivity contribution in [3.63, 3.8) is 0 Å². The summed E-state index contributed by atoms with van der Waals surface area (Å²) in [5.41, 5.74) is 0.605. The van der Waals surface area contributed by atoms with Gasteiger partial charge in [0.1, 0.15) is 16.1 Å². The number of carbonyl (C=O) groups excluding carboxylic acids is 1. The van der Waals surface area contributed by atoms with E-state index in [1.54, 1.807) is 6.07 Å². The third-order valence-corrected chi connectivity index (χ3v) is 2.49. The molecule has 1 N–H and O–H groups in total. The van der Waals surface area contributed by atoms with Gasteiger partial charge in [-0.15, -0.1) is 0 Å². The Hall–Kier alpha value is -1.65. The molecule has 1 aromatic heterocycles. The highest BCUT2D eigenvalue weighted by atomic mass is 35.5. The average molecular weight is 285 g/mol. The maximum Gasteiger partial charge on any atom is 0.255 e. The summed E-state index contributed by atoms with van der Waals surface area (Å²) in [6.07, 6.45) is 0. The lowest BCUT2D eigenvalue weighted by Crippen LogP contribution is -2.12. The van der Waals surface area contributed by atoms with Crippen molar-refractivity contribution in [3.05, 3.63) is 58.1 Å². The van der Waals surface area contributed by atoms with Crippen molar-refractivity contribution in [2.24, 2.45) is 0 Å². The Morgan fingerprint density at radius 3 is 2.44 bits per heavy atom. The number of rotatable bonds is 2. The number of aromatic nitrogens is 1. The van der Waals surface area contributed by atoms with E-state index in [1.165, 1.54) is 30.3 Å². The number of amides is 1. The second-order valence-electron chi connectivity index (χ2n) is 3.47. The van der Waals surface area contributed by atoms with E-state index in [2.05, 4.69) is 10.3 Å². The van der Waals surface area contributed by atoms with Crippen LogP contribution in [0.3, 0.4) is 0 Å². The maximum atomic E-state index is 12.9. The summed E-state index contributed by atoms with van der Waals surface area (Å²) >= 11 is 11.4. The molecule has 0 bridgehead atoms. The summed E-state index contributed by atoms with van der Waals surface area (Å²) in [7, 11) is 0. The number of halogens is 3. The molecule has 18 heavy (non-hydrogen) atoms. The van der Waals surface area contributed by atoms with Crippen molar-refractivity contribution >= 4 is 34.8 Å². The Morgan fingerprint density at radius 1 is 1.17 bits per heavy atom. The van der Waals surface area contributed by atoms with Gasteiger partial charge in [0, 0.05) is 11.3 Å².